The van der Waals surface area contributed by atoms with Gasteiger partial charge in [-0.15, -0.1) is 0 Å². The molecule has 0 saturated carbocycles. The highest BCUT2D eigenvalue weighted by molar-refractivity contribution is 5.46. The molecule has 0 spiro atoms. The number of amides is 1. The second-order valence-electron chi connectivity index (χ2n) is 2.84. The lowest BCUT2D eigenvalue weighted by atomic mass is 10.1. The van der Waals surface area contributed by atoms with Crippen molar-refractivity contribution in [2.24, 2.45) is 0 Å². The summed E-state index contributed by atoms with van der Waals surface area (Å²) in [6.07, 6.45) is -0.0112. The lowest BCUT2D eigenvalue weighted by Gasteiger charge is -2.31. The van der Waals surface area contributed by atoms with Crippen LogP contribution in [-0.4, -0.2) is 41.7 Å². The quantitative estimate of drug-likeness (QED) is 0.460. The number of aliphatic hydroxyl groups excluding tert-OH is 2. The molecule has 1 saturated heterocycles. The third-order valence-electron chi connectivity index (χ3n) is 1.84. The number of nitrogens with one attached hydrogen (secondary N) is 1. The second-order valence-corrected chi connectivity index (χ2v) is 2.84. The molecule has 1 heterocycles. The van der Waals surface area contributed by atoms with Crippen molar-refractivity contribution in [2.75, 3.05) is 6.61 Å². The maximum atomic E-state index is 10.0. The molecule has 12 heavy (non-hydrogen) atoms. The van der Waals surface area contributed by atoms with Crippen LogP contribution in [0.1, 0.15) is 12.8 Å². The van der Waals surface area contributed by atoms with Crippen molar-refractivity contribution in [3.05, 3.63) is 0 Å². The summed E-state index contributed by atoms with van der Waals surface area (Å²) in [4.78, 5) is 10.0. The Kier molecular flexibility index (Phi) is 3.46. The molecule has 5 heteroatoms. The van der Waals surface area contributed by atoms with E-state index in [9.17, 15) is 9.90 Å². The number of aliphatic hydroxyl groups is 2. The first-order valence-electron chi connectivity index (χ1n) is 3.90. The molecule has 1 aliphatic heterocycles. The van der Waals surface area contributed by atoms with Crippen molar-refractivity contribution < 1.29 is 19.7 Å². The molecule has 1 unspecified atom stereocenters. The Morgan fingerprint density at radius 1 is 1.58 bits per heavy atom. The van der Waals surface area contributed by atoms with Crippen molar-refractivity contribution in [1.29, 1.82) is 0 Å². The lowest BCUT2D eigenvalue weighted by molar-refractivity contribution is -0.134. The fourth-order valence-electron chi connectivity index (χ4n) is 1.29. The zero-order chi connectivity index (χ0) is 8.97. The Morgan fingerprint density at radius 3 is 2.92 bits per heavy atom. The van der Waals surface area contributed by atoms with Gasteiger partial charge in [0.1, 0.15) is 6.23 Å². The minimum Gasteiger partial charge on any atom is -0.394 e. The fourth-order valence-corrected chi connectivity index (χ4v) is 1.29. The molecule has 1 amide bonds. The van der Waals surface area contributed by atoms with Gasteiger partial charge < -0.3 is 20.3 Å². The van der Waals surface area contributed by atoms with E-state index in [2.05, 4.69) is 5.32 Å². The Balaban J connectivity index is 2.39. The van der Waals surface area contributed by atoms with Gasteiger partial charge in [-0.2, -0.15) is 0 Å². The average Bonchev–Trinajstić information content (AvgIpc) is 2.04. The lowest BCUT2D eigenvalue weighted by Crippen LogP contribution is -2.44. The Labute approximate surface area is 70.3 Å². The minimum absolute atomic E-state index is 0.131. The normalized spacial score (nSPS) is 36.0. The van der Waals surface area contributed by atoms with E-state index in [0.29, 0.717) is 19.3 Å². The van der Waals surface area contributed by atoms with Crippen LogP contribution in [0.5, 0.6) is 0 Å². The first kappa shape index (κ1) is 9.44. The van der Waals surface area contributed by atoms with E-state index in [0.717, 1.165) is 0 Å². The van der Waals surface area contributed by atoms with E-state index in [1.807, 2.05) is 0 Å². The first-order chi connectivity index (χ1) is 5.76. The summed E-state index contributed by atoms with van der Waals surface area (Å²) in [5.41, 5.74) is 0. The molecule has 0 aromatic heterocycles. The molecule has 3 atom stereocenters. The highest BCUT2D eigenvalue weighted by atomic mass is 16.5. The van der Waals surface area contributed by atoms with Gasteiger partial charge in [0.25, 0.3) is 0 Å². The second kappa shape index (κ2) is 4.39. The van der Waals surface area contributed by atoms with Crippen LogP contribution in [0.4, 0.5) is 0 Å². The van der Waals surface area contributed by atoms with Crippen LogP contribution in [0.15, 0.2) is 0 Å². The monoisotopic (exact) mass is 175 g/mol. The van der Waals surface area contributed by atoms with Crippen molar-refractivity contribution in [2.45, 2.75) is 31.3 Å². The summed E-state index contributed by atoms with van der Waals surface area (Å²) >= 11 is 0. The zero-order valence-electron chi connectivity index (χ0n) is 6.64. The van der Waals surface area contributed by atoms with E-state index in [4.69, 9.17) is 9.84 Å². The van der Waals surface area contributed by atoms with Crippen LogP contribution in [0, 0.1) is 0 Å². The Hall–Kier alpha value is -0.650. The molecule has 0 aromatic rings. The van der Waals surface area contributed by atoms with Crippen LogP contribution in [-0.2, 0) is 9.53 Å². The van der Waals surface area contributed by atoms with Gasteiger partial charge in [-0.1, -0.05) is 0 Å². The highest BCUT2D eigenvalue weighted by Gasteiger charge is 2.27. The Bertz CT molecular complexity index is 152. The van der Waals surface area contributed by atoms with E-state index in [1.54, 1.807) is 0 Å². The third-order valence-corrected chi connectivity index (χ3v) is 1.84. The largest absolute Gasteiger partial charge is 0.394 e. The molecule has 1 aliphatic rings. The molecule has 5 nitrogen and oxygen atoms in total. The number of ether oxygens (including phenoxy) is 1. The average molecular weight is 175 g/mol. The molecule has 0 aromatic carbocycles. The SMILES string of the molecule is O=CN[C@H]1C[C@@H](O)CC(CO)O1. The third kappa shape index (κ3) is 2.44. The van der Waals surface area contributed by atoms with Crippen molar-refractivity contribution in [3.63, 3.8) is 0 Å². The van der Waals surface area contributed by atoms with Gasteiger partial charge >= 0.3 is 0 Å². The summed E-state index contributed by atoms with van der Waals surface area (Å²) in [5.74, 6) is 0. The van der Waals surface area contributed by atoms with Crippen molar-refractivity contribution >= 4 is 6.41 Å². The van der Waals surface area contributed by atoms with E-state index >= 15 is 0 Å². The van der Waals surface area contributed by atoms with Crippen LogP contribution < -0.4 is 5.32 Å². The molecular weight excluding hydrogens is 162 g/mol. The summed E-state index contributed by atoms with van der Waals surface area (Å²) in [5, 5.41) is 20.4. The molecule has 0 radical (unpaired) electrons. The predicted octanol–water partition coefficient (Wildman–Crippen LogP) is -1.41. The molecular formula is C7H13NO4. The summed E-state index contributed by atoms with van der Waals surface area (Å²) in [6, 6.07) is 0. The number of carbonyl (C=O) groups excluding carboxylic acids is 1. The summed E-state index contributed by atoms with van der Waals surface area (Å²) in [7, 11) is 0. The van der Waals surface area contributed by atoms with Gasteiger partial charge in [0.2, 0.25) is 6.41 Å². The van der Waals surface area contributed by atoms with Gasteiger partial charge in [0.15, 0.2) is 0 Å². The van der Waals surface area contributed by atoms with Crippen LogP contribution >= 0.6 is 0 Å². The molecule has 70 valence electrons. The first-order valence-corrected chi connectivity index (χ1v) is 3.90. The number of hydrogen-bond donors (Lipinski definition) is 3. The summed E-state index contributed by atoms with van der Waals surface area (Å²) in [6.45, 7) is -0.131. The van der Waals surface area contributed by atoms with E-state index < -0.39 is 12.3 Å². The number of carbonyl (C=O) groups is 1. The van der Waals surface area contributed by atoms with E-state index in [-0.39, 0.29) is 12.7 Å². The molecule has 3 N–H and O–H groups in total. The number of hydrogen-bond acceptors (Lipinski definition) is 4. The van der Waals surface area contributed by atoms with Gasteiger partial charge in [-0.25, -0.2) is 0 Å². The van der Waals surface area contributed by atoms with E-state index in [1.165, 1.54) is 0 Å². The van der Waals surface area contributed by atoms with Gasteiger partial charge in [-0.3, -0.25) is 4.79 Å². The van der Waals surface area contributed by atoms with Crippen LogP contribution in [0.3, 0.4) is 0 Å². The van der Waals surface area contributed by atoms with Crippen molar-refractivity contribution in [3.8, 4) is 0 Å². The molecule has 0 aliphatic carbocycles. The van der Waals surface area contributed by atoms with Crippen LogP contribution in [0.2, 0.25) is 0 Å². The number of rotatable bonds is 3. The maximum absolute atomic E-state index is 10.0. The molecule has 0 bridgehead atoms. The topological polar surface area (TPSA) is 78.8 Å². The molecule has 1 rings (SSSR count). The zero-order valence-corrected chi connectivity index (χ0v) is 6.64. The predicted molar refractivity (Wildman–Crippen MR) is 40.2 cm³/mol. The van der Waals surface area contributed by atoms with Crippen LogP contribution in [0.25, 0.3) is 0 Å². The minimum atomic E-state index is -0.506. The maximum Gasteiger partial charge on any atom is 0.209 e. The molecule has 1 fully saturated rings. The smallest absolute Gasteiger partial charge is 0.209 e. The van der Waals surface area contributed by atoms with Crippen molar-refractivity contribution in [1.82, 2.24) is 5.32 Å². The highest BCUT2D eigenvalue weighted by Crippen LogP contribution is 2.17. The summed E-state index contributed by atoms with van der Waals surface area (Å²) < 4.78 is 5.19. The fraction of sp³-hybridized carbons (Fsp3) is 0.857. The van der Waals surface area contributed by atoms with Gasteiger partial charge in [-0.05, 0) is 0 Å². The van der Waals surface area contributed by atoms with Gasteiger partial charge in [0, 0.05) is 12.8 Å². The Morgan fingerprint density at radius 2 is 2.33 bits per heavy atom. The van der Waals surface area contributed by atoms with Gasteiger partial charge in [0.05, 0.1) is 18.8 Å². The standard InChI is InChI=1S/C7H13NO4/c9-3-6-1-5(11)2-7(12-6)8-4-10/h4-7,9,11H,1-3H2,(H,8,10)/t5-,6?,7+/m0/s1.